The summed E-state index contributed by atoms with van der Waals surface area (Å²) in [5, 5.41) is 3.52. The fourth-order valence-corrected chi connectivity index (χ4v) is 3.74. The third-order valence-electron chi connectivity index (χ3n) is 3.82. The predicted octanol–water partition coefficient (Wildman–Crippen LogP) is 3.41. The molecule has 0 amide bonds. The lowest BCUT2D eigenvalue weighted by Gasteiger charge is -2.22. The molecule has 0 aromatic carbocycles. The van der Waals surface area contributed by atoms with E-state index < -0.39 is 0 Å². The van der Waals surface area contributed by atoms with Gasteiger partial charge in [-0.2, -0.15) is 11.8 Å². The van der Waals surface area contributed by atoms with Gasteiger partial charge in [0, 0.05) is 29.4 Å². The highest BCUT2D eigenvalue weighted by Crippen LogP contribution is 2.24. The Balaban J connectivity index is 1.92. The summed E-state index contributed by atoms with van der Waals surface area (Å²) in [4.78, 5) is 2.43. The topological polar surface area (TPSA) is 28.4 Å². The van der Waals surface area contributed by atoms with Crippen LogP contribution < -0.4 is 5.32 Å². The molecule has 1 aromatic rings. The Kier molecular flexibility index (Phi) is 5.21. The lowest BCUT2D eigenvalue weighted by molar-refractivity contribution is 0.233. The Morgan fingerprint density at radius 3 is 2.80 bits per heavy atom. The molecule has 1 N–H and O–H groups in total. The van der Waals surface area contributed by atoms with Gasteiger partial charge in [-0.15, -0.1) is 0 Å². The van der Waals surface area contributed by atoms with Gasteiger partial charge in [0.2, 0.25) is 0 Å². The molecule has 0 aliphatic carbocycles. The van der Waals surface area contributed by atoms with Gasteiger partial charge in [0.15, 0.2) is 0 Å². The highest BCUT2D eigenvalue weighted by atomic mass is 32.2. The summed E-state index contributed by atoms with van der Waals surface area (Å²) in [6, 6.07) is 2.92. The van der Waals surface area contributed by atoms with Crippen molar-refractivity contribution in [3.05, 3.63) is 23.2 Å². The van der Waals surface area contributed by atoms with Gasteiger partial charge in [-0.1, -0.05) is 0 Å². The zero-order valence-electron chi connectivity index (χ0n) is 13.5. The molecule has 0 radical (unpaired) electrons. The highest BCUT2D eigenvalue weighted by molar-refractivity contribution is 7.99. The monoisotopic (exact) mass is 296 g/mol. The molecule has 3 nitrogen and oxygen atoms in total. The molecule has 20 heavy (non-hydrogen) atoms. The van der Waals surface area contributed by atoms with Crippen LogP contribution in [0.3, 0.4) is 0 Å². The molecule has 0 saturated carbocycles. The Morgan fingerprint density at radius 2 is 2.20 bits per heavy atom. The van der Waals surface area contributed by atoms with E-state index >= 15 is 0 Å². The smallest absolute Gasteiger partial charge is 0.118 e. The second-order valence-electron chi connectivity index (χ2n) is 6.83. The molecule has 1 fully saturated rings. The minimum atomic E-state index is 0.141. The maximum atomic E-state index is 5.92. The quantitative estimate of drug-likeness (QED) is 0.901. The predicted molar refractivity (Wildman–Crippen MR) is 87.2 cm³/mol. The molecule has 114 valence electrons. The lowest BCUT2D eigenvalue weighted by Crippen LogP contribution is -2.35. The van der Waals surface area contributed by atoms with Crippen molar-refractivity contribution in [1.82, 2.24) is 10.2 Å². The zero-order valence-corrected chi connectivity index (χ0v) is 14.3. The lowest BCUT2D eigenvalue weighted by atomic mass is 10.1. The second kappa shape index (κ2) is 6.54. The number of hydrogen-bond acceptors (Lipinski definition) is 4. The Hall–Kier alpha value is -0.450. The number of furan rings is 1. The first kappa shape index (κ1) is 15.9. The maximum Gasteiger partial charge on any atom is 0.118 e. The summed E-state index contributed by atoms with van der Waals surface area (Å²) in [5.41, 5.74) is 1.42. The third-order valence-corrected chi connectivity index (χ3v) is 4.96. The van der Waals surface area contributed by atoms with E-state index in [1.54, 1.807) is 0 Å². The number of hydrogen-bond donors (Lipinski definition) is 1. The summed E-state index contributed by atoms with van der Waals surface area (Å²) >= 11 is 2.06. The fourth-order valence-electron chi connectivity index (χ4n) is 2.45. The van der Waals surface area contributed by atoms with Crippen molar-refractivity contribution in [2.24, 2.45) is 0 Å². The van der Waals surface area contributed by atoms with Gasteiger partial charge in [0.1, 0.15) is 11.5 Å². The van der Waals surface area contributed by atoms with Crippen LogP contribution in [0.1, 0.15) is 44.3 Å². The fraction of sp³-hybridized carbons (Fsp3) is 0.750. The summed E-state index contributed by atoms with van der Waals surface area (Å²) in [5.74, 6) is 4.69. The molecule has 1 aliphatic rings. The van der Waals surface area contributed by atoms with Crippen LogP contribution in [0.25, 0.3) is 0 Å². The molecule has 1 atom stereocenters. The van der Waals surface area contributed by atoms with Crippen LogP contribution in [0, 0.1) is 6.92 Å². The Labute approximate surface area is 127 Å². The normalized spacial score (nSPS) is 20.0. The molecule has 1 unspecified atom stereocenters. The van der Waals surface area contributed by atoms with Crippen molar-refractivity contribution in [3.8, 4) is 0 Å². The van der Waals surface area contributed by atoms with Crippen LogP contribution >= 0.6 is 11.8 Å². The van der Waals surface area contributed by atoms with Crippen LogP contribution in [0.15, 0.2) is 10.5 Å². The Morgan fingerprint density at radius 1 is 1.45 bits per heavy atom. The maximum absolute atomic E-state index is 5.92. The van der Waals surface area contributed by atoms with Crippen LogP contribution in [-0.2, 0) is 13.1 Å². The first-order chi connectivity index (χ1) is 9.35. The summed E-state index contributed by atoms with van der Waals surface area (Å²) in [7, 11) is 2.21. The van der Waals surface area contributed by atoms with E-state index in [0.29, 0.717) is 6.04 Å². The molecule has 4 heteroatoms. The molecule has 2 rings (SSSR count). The molecule has 0 bridgehead atoms. The SMILES string of the molecule is Cc1oc(CN(C)C2CCSC2)cc1CNC(C)(C)C. The van der Waals surface area contributed by atoms with E-state index in [1.165, 1.54) is 23.5 Å². The molecule has 1 saturated heterocycles. The molecular formula is C16H28N2OS. The summed E-state index contributed by atoms with van der Waals surface area (Å²) in [6.45, 7) is 10.4. The second-order valence-corrected chi connectivity index (χ2v) is 7.98. The third kappa shape index (κ3) is 4.54. The van der Waals surface area contributed by atoms with Gasteiger partial charge in [0.25, 0.3) is 0 Å². The number of nitrogens with zero attached hydrogens (tertiary/aromatic N) is 1. The molecule has 1 aromatic heterocycles. The minimum Gasteiger partial charge on any atom is -0.465 e. The summed E-state index contributed by atoms with van der Waals surface area (Å²) in [6.07, 6.45) is 1.30. The van der Waals surface area contributed by atoms with Crippen LogP contribution in [-0.4, -0.2) is 35.0 Å². The standard InChI is InChI=1S/C16H28N2OS/c1-12-13(9-17-16(2,3)4)8-15(19-12)10-18(5)14-6-7-20-11-14/h8,14,17H,6-7,9-11H2,1-5H3. The van der Waals surface area contributed by atoms with E-state index in [2.05, 4.69) is 62.8 Å². The van der Waals surface area contributed by atoms with Crippen molar-refractivity contribution in [1.29, 1.82) is 0 Å². The summed E-state index contributed by atoms with van der Waals surface area (Å²) < 4.78 is 5.92. The average molecular weight is 296 g/mol. The van der Waals surface area contributed by atoms with E-state index in [4.69, 9.17) is 4.42 Å². The van der Waals surface area contributed by atoms with Gasteiger partial charge in [-0.05, 0) is 53.0 Å². The molecule has 1 aliphatic heterocycles. The first-order valence-corrected chi connectivity index (χ1v) is 8.62. The largest absolute Gasteiger partial charge is 0.465 e. The molecule has 0 spiro atoms. The minimum absolute atomic E-state index is 0.141. The van der Waals surface area contributed by atoms with E-state index in [1.807, 2.05) is 0 Å². The van der Waals surface area contributed by atoms with Crippen molar-refractivity contribution in [2.75, 3.05) is 18.6 Å². The van der Waals surface area contributed by atoms with Crippen molar-refractivity contribution < 1.29 is 4.42 Å². The van der Waals surface area contributed by atoms with E-state index in [-0.39, 0.29) is 5.54 Å². The van der Waals surface area contributed by atoms with Crippen LogP contribution in [0.5, 0.6) is 0 Å². The number of rotatable bonds is 5. The number of thioether (sulfide) groups is 1. The van der Waals surface area contributed by atoms with Crippen LogP contribution in [0.4, 0.5) is 0 Å². The highest BCUT2D eigenvalue weighted by Gasteiger charge is 2.21. The van der Waals surface area contributed by atoms with Gasteiger partial charge >= 0.3 is 0 Å². The van der Waals surface area contributed by atoms with Gasteiger partial charge < -0.3 is 9.73 Å². The Bertz CT molecular complexity index is 430. The van der Waals surface area contributed by atoms with E-state index in [9.17, 15) is 0 Å². The molecule has 2 heterocycles. The zero-order chi connectivity index (χ0) is 14.8. The van der Waals surface area contributed by atoms with Gasteiger partial charge in [-0.25, -0.2) is 0 Å². The van der Waals surface area contributed by atoms with Crippen molar-refractivity contribution in [3.63, 3.8) is 0 Å². The van der Waals surface area contributed by atoms with Crippen molar-refractivity contribution >= 4 is 11.8 Å². The molecular weight excluding hydrogens is 268 g/mol. The van der Waals surface area contributed by atoms with Crippen molar-refractivity contribution in [2.45, 2.75) is 58.8 Å². The average Bonchev–Trinajstić information content (AvgIpc) is 2.95. The number of aryl methyl sites for hydroxylation is 1. The van der Waals surface area contributed by atoms with E-state index in [0.717, 1.165) is 24.6 Å². The van der Waals surface area contributed by atoms with Gasteiger partial charge in [0.05, 0.1) is 6.54 Å². The first-order valence-electron chi connectivity index (χ1n) is 7.46. The number of nitrogens with one attached hydrogen (secondary N) is 1. The van der Waals surface area contributed by atoms with Gasteiger partial charge in [-0.3, -0.25) is 4.90 Å². The van der Waals surface area contributed by atoms with Crippen LogP contribution in [0.2, 0.25) is 0 Å².